The molecule has 0 spiro atoms. The van der Waals surface area contributed by atoms with Crippen LogP contribution in [-0.2, 0) is 4.74 Å². The number of esters is 1. The molecule has 4 nitrogen and oxygen atoms in total. The van der Waals surface area contributed by atoms with E-state index in [1.54, 1.807) is 6.92 Å². The molecule has 0 radical (unpaired) electrons. The predicted molar refractivity (Wildman–Crippen MR) is 46.3 cm³/mol. The Bertz CT molecular complexity index is 259. The van der Waals surface area contributed by atoms with Gasteiger partial charge in [0.1, 0.15) is 0 Å². The van der Waals surface area contributed by atoms with E-state index < -0.39 is 5.97 Å². The first-order chi connectivity index (χ1) is 5.25. The van der Waals surface area contributed by atoms with Crippen LogP contribution in [0.3, 0.4) is 0 Å². The maximum atomic E-state index is 10.9. The van der Waals surface area contributed by atoms with Gasteiger partial charge in [0.05, 0.1) is 18.6 Å². The van der Waals surface area contributed by atoms with Crippen molar-refractivity contribution < 1.29 is 13.9 Å². The summed E-state index contributed by atoms with van der Waals surface area (Å²) in [5.74, 6) is -0.443. The minimum Gasteiger partial charge on any atom is -0.460 e. The molecule has 0 unspecified atom stereocenters. The maximum Gasteiger partial charge on any atom is 0.376 e. The van der Waals surface area contributed by atoms with Crippen LogP contribution in [0.2, 0.25) is 0 Å². The summed E-state index contributed by atoms with van der Waals surface area (Å²) in [4.78, 5) is 10.9. The molecule has 0 aliphatic carbocycles. The van der Waals surface area contributed by atoms with Gasteiger partial charge in [0.25, 0.3) is 0 Å². The lowest BCUT2D eigenvalue weighted by molar-refractivity contribution is 0.0492. The second kappa shape index (κ2) is 4.66. The lowest BCUT2D eigenvalue weighted by Gasteiger charge is -1.97. The zero-order valence-electron chi connectivity index (χ0n) is 6.57. The normalized spacial score (nSPS) is 8.75. The molecule has 12 heavy (non-hydrogen) atoms. The quantitative estimate of drug-likeness (QED) is 0.719. The molecule has 0 amide bonds. The second-order valence-corrected chi connectivity index (χ2v) is 1.93. The Morgan fingerprint density at radius 1 is 1.75 bits per heavy atom. The van der Waals surface area contributed by atoms with Gasteiger partial charge in [-0.2, -0.15) is 0 Å². The molecule has 0 atom stereocenters. The van der Waals surface area contributed by atoms with Gasteiger partial charge in [-0.3, -0.25) is 0 Å². The predicted octanol–water partition coefficient (Wildman–Crippen LogP) is 1.46. The smallest absolute Gasteiger partial charge is 0.376 e. The van der Waals surface area contributed by atoms with Crippen LogP contribution < -0.4 is 5.73 Å². The van der Waals surface area contributed by atoms with Crippen molar-refractivity contribution in [1.29, 1.82) is 0 Å². The summed E-state index contributed by atoms with van der Waals surface area (Å²) in [6.07, 6.45) is 1.35. The van der Waals surface area contributed by atoms with Crippen LogP contribution in [0.5, 0.6) is 0 Å². The van der Waals surface area contributed by atoms with Crippen molar-refractivity contribution in [2.75, 3.05) is 12.3 Å². The highest BCUT2D eigenvalue weighted by Crippen LogP contribution is 2.12. The second-order valence-electron chi connectivity index (χ2n) is 1.93. The Labute approximate surface area is 76.1 Å². The number of ether oxygens (including phenoxy) is 1. The first kappa shape index (κ1) is 10.8. The number of hydrogen-bond donors (Lipinski definition) is 1. The third kappa shape index (κ3) is 2.17. The fourth-order valence-corrected chi connectivity index (χ4v) is 0.682. The van der Waals surface area contributed by atoms with Gasteiger partial charge in [-0.05, 0) is 6.92 Å². The SMILES string of the molecule is CCOC(=O)c1occc1N.Cl. The molecule has 0 aliphatic heterocycles. The van der Waals surface area contributed by atoms with Crippen LogP contribution in [0.4, 0.5) is 5.69 Å². The first-order valence-electron chi connectivity index (χ1n) is 3.25. The Morgan fingerprint density at radius 2 is 2.42 bits per heavy atom. The average Bonchev–Trinajstić information content (AvgIpc) is 2.36. The fourth-order valence-electron chi connectivity index (χ4n) is 0.682. The topological polar surface area (TPSA) is 65.5 Å². The van der Waals surface area contributed by atoms with Gasteiger partial charge in [-0.25, -0.2) is 4.79 Å². The monoisotopic (exact) mass is 191 g/mol. The number of rotatable bonds is 2. The summed E-state index contributed by atoms with van der Waals surface area (Å²) in [6.45, 7) is 2.04. The highest BCUT2D eigenvalue weighted by atomic mass is 35.5. The van der Waals surface area contributed by atoms with E-state index in [2.05, 4.69) is 4.74 Å². The van der Waals surface area contributed by atoms with Gasteiger partial charge in [-0.1, -0.05) is 0 Å². The molecule has 1 aromatic rings. The average molecular weight is 192 g/mol. The number of nitrogen functional groups attached to an aromatic ring is 1. The van der Waals surface area contributed by atoms with Crippen molar-refractivity contribution in [3.8, 4) is 0 Å². The molecule has 0 saturated carbocycles. The third-order valence-corrected chi connectivity index (χ3v) is 1.16. The zero-order chi connectivity index (χ0) is 8.27. The van der Waals surface area contributed by atoms with Crippen molar-refractivity contribution >= 4 is 24.1 Å². The summed E-state index contributed by atoms with van der Waals surface area (Å²) in [5, 5.41) is 0. The summed E-state index contributed by atoms with van der Waals surface area (Å²) in [7, 11) is 0. The minimum absolute atomic E-state index is 0. The van der Waals surface area contributed by atoms with E-state index in [-0.39, 0.29) is 18.2 Å². The van der Waals surface area contributed by atoms with Crippen molar-refractivity contribution in [3.63, 3.8) is 0 Å². The van der Waals surface area contributed by atoms with Crippen molar-refractivity contribution in [2.45, 2.75) is 6.92 Å². The van der Waals surface area contributed by atoms with Crippen molar-refractivity contribution in [2.24, 2.45) is 0 Å². The van der Waals surface area contributed by atoms with E-state index in [4.69, 9.17) is 10.2 Å². The molecule has 0 aliphatic rings. The molecule has 0 fully saturated rings. The Kier molecular flexibility index (Phi) is 4.21. The van der Waals surface area contributed by atoms with E-state index in [9.17, 15) is 4.79 Å². The van der Waals surface area contributed by atoms with E-state index in [1.807, 2.05) is 0 Å². The maximum absolute atomic E-state index is 10.9. The van der Waals surface area contributed by atoms with Crippen LogP contribution >= 0.6 is 12.4 Å². The first-order valence-corrected chi connectivity index (χ1v) is 3.25. The molecule has 0 aromatic carbocycles. The van der Waals surface area contributed by atoms with Crippen LogP contribution in [0.1, 0.15) is 17.5 Å². The van der Waals surface area contributed by atoms with Gasteiger partial charge in [0.15, 0.2) is 0 Å². The van der Waals surface area contributed by atoms with Crippen LogP contribution in [-0.4, -0.2) is 12.6 Å². The van der Waals surface area contributed by atoms with Gasteiger partial charge in [0.2, 0.25) is 5.76 Å². The molecule has 1 aromatic heterocycles. The molecule has 0 bridgehead atoms. The number of furan rings is 1. The highest BCUT2D eigenvalue weighted by molar-refractivity contribution is 5.91. The Morgan fingerprint density at radius 3 is 2.83 bits per heavy atom. The van der Waals surface area contributed by atoms with Crippen LogP contribution in [0, 0.1) is 0 Å². The van der Waals surface area contributed by atoms with Gasteiger partial charge < -0.3 is 14.9 Å². The number of carbonyl (C=O) groups is 1. The largest absolute Gasteiger partial charge is 0.460 e. The number of halogens is 1. The highest BCUT2D eigenvalue weighted by Gasteiger charge is 2.13. The number of nitrogens with two attached hydrogens (primary N) is 1. The van der Waals surface area contributed by atoms with E-state index >= 15 is 0 Å². The Hall–Kier alpha value is -1.16. The van der Waals surface area contributed by atoms with Gasteiger partial charge in [0, 0.05) is 6.07 Å². The zero-order valence-corrected chi connectivity index (χ0v) is 7.39. The standard InChI is InChI=1S/C7H9NO3.ClH/c1-2-10-7(9)6-5(8)3-4-11-6;/h3-4H,2,8H2,1H3;1H. The van der Waals surface area contributed by atoms with E-state index in [0.29, 0.717) is 12.3 Å². The molecule has 0 saturated heterocycles. The number of anilines is 1. The number of carbonyl (C=O) groups excluding carboxylic acids is 1. The van der Waals surface area contributed by atoms with Gasteiger partial charge in [-0.15, -0.1) is 12.4 Å². The summed E-state index contributed by atoms with van der Waals surface area (Å²) in [6, 6.07) is 1.51. The molecule has 1 heterocycles. The molecule has 2 N–H and O–H groups in total. The van der Waals surface area contributed by atoms with Crippen molar-refractivity contribution in [3.05, 3.63) is 18.1 Å². The lowest BCUT2D eigenvalue weighted by atomic mass is 10.4. The summed E-state index contributed by atoms with van der Waals surface area (Å²) in [5.41, 5.74) is 5.69. The molecular formula is C7H10ClNO3. The fraction of sp³-hybridized carbons (Fsp3) is 0.286. The van der Waals surface area contributed by atoms with Gasteiger partial charge >= 0.3 is 5.97 Å². The van der Waals surface area contributed by atoms with E-state index in [0.717, 1.165) is 0 Å². The number of hydrogen-bond acceptors (Lipinski definition) is 4. The van der Waals surface area contributed by atoms with Crippen LogP contribution in [0.25, 0.3) is 0 Å². The third-order valence-electron chi connectivity index (χ3n) is 1.16. The molecule has 68 valence electrons. The molecule has 1 rings (SSSR count). The Balaban J connectivity index is 0.00000121. The van der Waals surface area contributed by atoms with E-state index in [1.165, 1.54) is 12.3 Å². The van der Waals surface area contributed by atoms with Crippen LogP contribution in [0.15, 0.2) is 16.7 Å². The molecular weight excluding hydrogens is 182 g/mol. The summed E-state index contributed by atoms with van der Waals surface area (Å²) < 4.78 is 9.43. The molecule has 5 heteroatoms. The summed E-state index contributed by atoms with van der Waals surface area (Å²) >= 11 is 0. The minimum atomic E-state index is -0.519. The lowest BCUT2D eigenvalue weighted by Crippen LogP contribution is -2.05. The van der Waals surface area contributed by atoms with Crippen molar-refractivity contribution in [1.82, 2.24) is 0 Å².